The van der Waals surface area contributed by atoms with E-state index >= 15 is 0 Å². The van der Waals surface area contributed by atoms with Crippen LogP contribution in [0.2, 0.25) is 0 Å². The average Bonchev–Trinajstić information content (AvgIpc) is 2.85. The van der Waals surface area contributed by atoms with Crippen molar-refractivity contribution in [3.63, 3.8) is 0 Å². The molecule has 0 aliphatic carbocycles. The van der Waals surface area contributed by atoms with E-state index in [2.05, 4.69) is 16.0 Å². The molecule has 0 aromatic heterocycles. The van der Waals surface area contributed by atoms with Crippen molar-refractivity contribution in [2.75, 3.05) is 19.8 Å². The molecule has 40 heavy (non-hydrogen) atoms. The Hall–Kier alpha value is 0.862. The molecule has 3 fully saturated rings. The number of hydrogen-bond donors (Lipinski definition) is 3. The van der Waals surface area contributed by atoms with Gasteiger partial charge in [0.25, 0.3) is 0 Å². The van der Waals surface area contributed by atoms with Gasteiger partial charge >= 0.3 is 40.1 Å². The summed E-state index contributed by atoms with van der Waals surface area (Å²) in [6.07, 6.45) is 7.98. The normalized spacial score (nSPS) is 33.2. The summed E-state index contributed by atoms with van der Waals surface area (Å²) in [5, 5.41) is 12.7. The third-order valence-electron chi connectivity index (χ3n) is 6.60. The van der Waals surface area contributed by atoms with E-state index in [-0.39, 0.29) is 55.3 Å². The predicted octanol–water partition coefficient (Wildman–Crippen LogP) is 7.44. The van der Waals surface area contributed by atoms with E-state index in [1.54, 1.807) is 20.8 Å². The summed E-state index contributed by atoms with van der Waals surface area (Å²) in [5.74, 6) is -1.47. The molecule has 9 atom stereocenters. The third-order valence-corrected chi connectivity index (χ3v) is 11.9. The van der Waals surface area contributed by atoms with E-state index in [0.29, 0.717) is 19.3 Å². The molecule has 3 saturated heterocycles. The minimum absolute atomic E-state index is 0. The maximum Gasteiger partial charge on any atom is 3.00 e. The summed E-state index contributed by atoms with van der Waals surface area (Å²) < 4.78 is 49.2. The number of rotatable bonds is 9. The van der Waals surface area contributed by atoms with E-state index in [9.17, 15) is 28.4 Å². The molecule has 1 radical (unpaired) electrons. The van der Waals surface area contributed by atoms with E-state index in [4.69, 9.17) is 13.6 Å². The largest absolute Gasteiger partial charge is 3.00 e. The van der Waals surface area contributed by atoms with Crippen molar-refractivity contribution < 1.29 is 59.3 Å². The topological polar surface area (TPSA) is 182 Å². The Balaban J connectivity index is 0.000000563. The molecular weight excluding hydrogens is 619 g/mol. The molecule has 0 spiro atoms. The fraction of sp³-hybridized carbons (Fsp3) is 1.00. The van der Waals surface area contributed by atoms with Crippen molar-refractivity contribution in [2.24, 2.45) is 0 Å². The first kappa shape index (κ1) is 40.9. The monoisotopic (exact) mass is 670 g/mol. The summed E-state index contributed by atoms with van der Waals surface area (Å²) in [7, 11) is -10.4. The summed E-state index contributed by atoms with van der Waals surface area (Å²) in [4.78, 5) is 28.5. The molecule has 3 aliphatic heterocycles. The molecule has 0 saturated carbocycles. The van der Waals surface area contributed by atoms with E-state index in [0.717, 1.165) is 38.5 Å². The van der Waals surface area contributed by atoms with E-state index in [1.807, 2.05) is 20.8 Å². The van der Waals surface area contributed by atoms with Crippen LogP contribution in [0.25, 0.3) is 16.0 Å². The van der Waals surface area contributed by atoms with Gasteiger partial charge in [0.15, 0.2) is 0 Å². The Morgan fingerprint density at radius 1 is 0.550 bits per heavy atom. The van der Waals surface area contributed by atoms with Crippen LogP contribution in [0, 0.1) is 0 Å². The third kappa shape index (κ3) is 15.0. The summed E-state index contributed by atoms with van der Waals surface area (Å²) >= 11 is 0. The molecule has 16 heteroatoms. The average molecular weight is 671 g/mol. The van der Waals surface area contributed by atoms with Crippen LogP contribution in [-0.4, -0.2) is 70.0 Å². The van der Waals surface area contributed by atoms with Gasteiger partial charge < -0.3 is 44.2 Å². The second kappa shape index (κ2) is 20.0. The minimum atomic E-state index is -3.47. The summed E-state index contributed by atoms with van der Waals surface area (Å²) in [5.41, 5.74) is 0. The maximum atomic E-state index is 11.6. The molecule has 9 unspecified atom stereocenters. The minimum Gasteiger partial charge on any atom is -0.647 e. The fourth-order valence-corrected chi connectivity index (χ4v) is 9.01. The first-order valence-corrected chi connectivity index (χ1v) is 19.1. The Kier molecular flexibility index (Phi) is 20.4. The van der Waals surface area contributed by atoms with Crippen LogP contribution in [0.3, 0.4) is 0 Å². The first-order valence-electron chi connectivity index (χ1n) is 14.2. The molecule has 3 rings (SSSR count). The van der Waals surface area contributed by atoms with Crippen molar-refractivity contribution in [1.82, 2.24) is 0 Å². The van der Waals surface area contributed by atoms with E-state index < -0.39 is 40.1 Å². The molecule has 3 heterocycles. The van der Waals surface area contributed by atoms with Crippen molar-refractivity contribution >= 4 is 22.8 Å². The van der Waals surface area contributed by atoms with Gasteiger partial charge in [0.2, 0.25) is 0 Å². The molecule has 0 bridgehead atoms. The fourth-order valence-electron chi connectivity index (χ4n) is 4.67. The van der Waals surface area contributed by atoms with Crippen molar-refractivity contribution in [3.8, 4) is 0 Å². The second-order valence-corrected chi connectivity index (χ2v) is 16.1. The van der Waals surface area contributed by atoms with Gasteiger partial charge in [0.05, 0.1) is 19.8 Å². The molecule has 0 amide bonds. The van der Waals surface area contributed by atoms with Gasteiger partial charge in [-0.3, -0.25) is 13.7 Å². The van der Waals surface area contributed by atoms with Crippen LogP contribution in [-0.2, 0) is 44.6 Å². The van der Waals surface area contributed by atoms with Gasteiger partial charge in [-0.1, -0.05) is 78.6 Å². The Labute approximate surface area is 252 Å². The zero-order chi connectivity index (χ0) is 29.7. The van der Waals surface area contributed by atoms with Gasteiger partial charge in [0, 0.05) is 0 Å². The molecule has 237 valence electrons. The van der Waals surface area contributed by atoms with Gasteiger partial charge in [0.1, 0.15) is 0 Å². The Morgan fingerprint density at radius 3 is 0.950 bits per heavy atom. The van der Waals surface area contributed by atoms with Gasteiger partial charge in [-0.25, -0.2) is 0 Å². The Bertz CT molecular complexity index is 740. The van der Waals surface area contributed by atoms with Crippen molar-refractivity contribution in [1.29, 1.82) is 0 Å². The predicted molar refractivity (Wildman–Crippen MR) is 156 cm³/mol. The standard InChI is InChI=1S/3C8H17NO3P.Cr/c3*1-3-12-13(10,11)8-6-4-5-7(2)9-8;/h3*7-8H,3-6H2,1-2H3,(H,10,11);/q3*-1;+3. The second-order valence-electron chi connectivity index (χ2n) is 10.2. The number of piperidine rings is 3. The summed E-state index contributed by atoms with van der Waals surface area (Å²) in [6, 6.07) is 0.582. The first-order chi connectivity index (χ1) is 18.2. The molecule has 12 nitrogen and oxygen atoms in total. The van der Waals surface area contributed by atoms with Crippen LogP contribution in [0.15, 0.2) is 0 Å². The zero-order valence-corrected chi connectivity index (χ0v) is 28.8. The Morgan fingerprint density at radius 2 is 0.775 bits per heavy atom. The van der Waals surface area contributed by atoms with Gasteiger partial charge in [-0.2, -0.15) is 0 Å². The van der Waals surface area contributed by atoms with Crippen LogP contribution < -0.4 is 0 Å². The van der Waals surface area contributed by atoms with Crippen LogP contribution in [0.5, 0.6) is 0 Å². The van der Waals surface area contributed by atoms with Crippen molar-refractivity contribution in [3.05, 3.63) is 16.0 Å². The molecule has 3 aliphatic rings. The molecular formula is C24H51CrN3O9P3. The number of hydrogen-bond acceptors (Lipinski definition) is 6. The van der Waals surface area contributed by atoms with Gasteiger partial charge in [-0.15, -0.1) is 18.1 Å². The van der Waals surface area contributed by atoms with Crippen molar-refractivity contribution in [2.45, 2.75) is 135 Å². The molecule has 0 aromatic rings. The van der Waals surface area contributed by atoms with E-state index in [1.165, 1.54) is 0 Å². The number of nitrogens with zero attached hydrogens (tertiary/aromatic N) is 3. The van der Waals surface area contributed by atoms with Gasteiger partial charge in [-0.05, 0) is 38.1 Å². The van der Waals surface area contributed by atoms with Crippen LogP contribution in [0.1, 0.15) is 99.3 Å². The quantitative estimate of drug-likeness (QED) is 0.210. The smallest absolute Gasteiger partial charge is 0.647 e. The maximum absolute atomic E-state index is 11.6. The SMILES string of the molecule is CCOP(=O)(O)C1CCCC(C)[N-]1.CCOP(=O)(O)C1CCCC(C)[N-]1.CCOP(=O)(O)C1CCCC(C)[N-]1.[Cr+3]. The summed E-state index contributed by atoms with van der Waals surface area (Å²) in [6.45, 7) is 11.9. The molecule has 3 N–H and O–H groups in total. The zero-order valence-electron chi connectivity index (χ0n) is 24.8. The molecule has 0 aromatic carbocycles. The van der Waals surface area contributed by atoms with Crippen LogP contribution >= 0.6 is 22.8 Å². The van der Waals surface area contributed by atoms with Crippen LogP contribution in [0.4, 0.5) is 0 Å².